The van der Waals surface area contributed by atoms with E-state index in [0.29, 0.717) is 63.1 Å². The molecular formula is C21H23F3N2O3. The minimum atomic E-state index is -4.34. The highest BCUT2D eigenvalue weighted by molar-refractivity contribution is 5.49. The molecule has 2 aromatic carbocycles. The minimum Gasteiger partial charge on any atom is -0.486 e. The van der Waals surface area contributed by atoms with Crippen molar-refractivity contribution in [1.29, 1.82) is 0 Å². The fourth-order valence-corrected chi connectivity index (χ4v) is 3.68. The molecule has 29 heavy (non-hydrogen) atoms. The fraction of sp³-hybridized carbons (Fsp3) is 0.429. The van der Waals surface area contributed by atoms with Crippen LogP contribution in [-0.2, 0) is 6.18 Å². The zero-order valence-electron chi connectivity index (χ0n) is 15.9. The maximum Gasteiger partial charge on any atom is 0.416 e. The lowest BCUT2D eigenvalue weighted by Gasteiger charge is -2.37. The number of halogens is 3. The van der Waals surface area contributed by atoms with Gasteiger partial charge in [-0.2, -0.15) is 13.2 Å². The summed E-state index contributed by atoms with van der Waals surface area (Å²) in [5.41, 5.74) is 0.702. The van der Waals surface area contributed by atoms with Gasteiger partial charge in [-0.05, 0) is 35.9 Å². The van der Waals surface area contributed by atoms with Crippen molar-refractivity contribution in [1.82, 2.24) is 4.90 Å². The number of hydrogen-bond acceptors (Lipinski definition) is 5. The molecule has 2 aromatic rings. The Bertz CT molecular complexity index is 851. The number of fused-ring (bicyclic) bond motifs is 1. The Labute approximate surface area is 167 Å². The third kappa shape index (κ3) is 4.59. The number of anilines is 1. The van der Waals surface area contributed by atoms with Gasteiger partial charge in [-0.1, -0.05) is 12.1 Å². The van der Waals surface area contributed by atoms with E-state index in [0.717, 1.165) is 11.6 Å². The molecule has 1 saturated heterocycles. The molecule has 1 unspecified atom stereocenters. The van der Waals surface area contributed by atoms with Crippen LogP contribution in [-0.4, -0.2) is 55.9 Å². The molecule has 4 rings (SSSR count). The van der Waals surface area contributed by atoms with Gasteiger partial charge in [0.1, 0.15) is 13.2 Å². The summed E-state index contributed by atoms with van der Waals surface area (Å²) in [6.07, 6.45) is -5.02. The Morgan fingerprint density at radius 2 is 1.66 bits per heavy atom. The second-order valence-corrected chi connectivity index (χ2v) is 7.25. The van der Waals surface area contributed by atoms with Crippen molar-refractivity contribution in [2.24, 2.45) is 0 Å². The van der Waals surface area contributed by atoms with Crippen LogP contribution in [0.2, 0.25) is 0 Å². The first kappa shape index (κ1) is 19.8. The highest BCUT2D eigenvalue weighted by atomic mass is 19.4. The molecule has 2 aliphatic rings. The van der Waals surface area contributed by atoms with Crippen LogP contribution in [0.5, 0.6) is 11.5 Å². The number of nitrogens with zero attached hydrogens (tertiary/aromatic N) is 2. The molecule has 0 radical (unpaired) electrons. The van der Waals surface area contributed by atoms with Crippen molar-refractivity contribution in [2.45, 2.75) is 12.3 Å². The van der Waals surface area contributed by atoms with E-state index in [9.17, 15) is 18.3 Å². The molecular weight excluding hydrogens is 385 g/mol. The molecule has 1 N–H and O–H groups in total. The highest BCUT2D eigenvalue weighted by Crippen LogP contribution is 2.34. The van der Waals surface area contributed by atoms with Crippen molar-refractivity contribution < 1.29 is 27.8 Å². The van der Waals surface area contributed by atoms with Gasteiger partial charge in [0.05, 0.1) is 11.7 Å². The third-order valence-corrected chi connectivity index (χ3v) is 5.29. The molecule has 1 atom stereocenters. The highest BCUT2D eigenvalue weighted by Gasteiger charge is 2.31. The van der Waals surface area contributed by atoms with Gasteiger partial charge < -0.3 is 19.5 Å². The zero-order chi connectivity index (χ0) is 20.4. The Hall–Kier alpha value is -2.45. The maximum absolute atomic E-state index is 12.9. The number of benzene rings is 2. The van der Waals surface area contributed by atoms with Crippen LogP contribution in [0.4, 0.5) is 18.9 Å². The summed E-state index contributed by atoms with van der Waals surface area (Å²) < 4.78 is 49.9. The summed E-state index contributed by atoms with van der Waals surface area (Å²) in [6.45, 7) is 4.01. The maximum atomic E-state index is 12.9. The first-order valence-corrected chi connectivity index (χ1v) is 9.62. The van der Waals surface area contributed by atoms with E-state index in [4.69, 9.17) is 9.47 Å². The predicted molar refractivity (Wildman–Crippen MR) is 102 cm³/mol. The zero-order valence-corrected chi connectivity index (χ0v) is 15.9. The molecule has 1 fully saturated rings. The summed E-state index contributed by atoms with van der Waals surface area (Å²) in [5, 5.41) is 10.6. The normalized spacial score (nSPS) is 18.6. The van der Waals surface area contributed by atoms with E-state index in [1.165, 1.54) is 12.1 Å². The first-order chi connectivity index (χ1) is 13.9. The number of β-amino-alcohol motifs (C(OH)–C–C–N with tert-alkyl or cyclic N) is 1. The molecule has 0 saturated carbocycles. The van der Waals surface area contributed by atoms with E-state index >= 15 is 0 Å². The van der Waals surface area contributed by atoms with Crippen LogP contribution < -0.4 is 14.4 Å². The van der Waals surface area contributed by atoms with Crippen LogP contribution in [0.15, 0.2) is 42.5 Å². The molecule has 0 spiro atoms. The van der Waals surface area contributed by atoms with Crippen molar-refractivity contribution in [3.63, 3.8) is 0 Å². The fourth-order valence-electron chi connectivity index (χ4n) is 3.68. The molecule has 0 aliphatic carbocycles. The summed E-state index contributed by atoms with van der Waals surface area (Å²) in [7, 11) is 0. The number of aliphatic hydroxyl groups is 1. The lowest BCUT2D eigenvalue weighted by atomic mass is 10.1. The SMILES string of the molecule is OC(CN1CCN(c2cccc(C(F)(F)F)c2)CC1)c1ccc2c(c1)OCCO2. The summed E-state index contributed by atoms with van der Waals surface area (Å²) in [6, 6.07) is 10.9. The van der Waals surface area contributed by atoms with Gasteiger partial charge in [0.2, 0.25) is 0 Å². The van der Waals surface area contributed by atoms with Crippen LogP contribution in [0.3, 0.4) is 0 Å². The minimum absolute atomic E-state index is 0.454. The molecule has 0 amide bonds. The van der Waals surface area contributed by atoms with E-state index < -0.39 is 17.8 Å². The Balaban J connectivity index is 1.34. The van der Waals surface area contributed by atoms with Crippen molar-refractivity contribution in [3.8, 4) is 11.5 Å². The number of piperazine rings is 1. The van der Waals surface area contributed by atoms with Crippen LogP contribution in [0, 0.1) is 0 Å². The Kier molecular flexibility index (Phi) is 5.56. The van der Waals surface area contributed by atoms with Gasteiger partial charge >= 0.3 is 6.18 Å². The number of aliphatic hydroxyl groups excluding tert-OH is 1. The monoisotopic (exact) mass is 408 g/mol. The van der Waals surface area contributed by atoms with Gasteiger partial charge in [0.25, 0.3) is 0 Å². The average Bonchev–Trinajstić information content (AvgIpc) is 2.73. The molecule has 2 heterocycles. The second kappa shape index (κ2) is 8.12. The smallest absolute Gasteiger partial charge is 0.416 e. The van der Waals surface area contributed by atoms with Crippen LogP contribution in [0.1, 0.15) is 17.2 Å². The van der Waals surface area contributed by atoms with E-state index in [2.05, 4.69) is 4.90 Å². The standard InChI is InChI=1S/C21H23F3N2O3/c22-21(23,24)16-2-1-3-17(13-16)26-8-6-25(7-9-26)14-18(27)15-4-5-19-20(12-15)29-11-10-28-19/h1-5,12-13,18,27H,6-11,14H2. The van der Waals surface area contributed by atoms with Crippen molar-refractivity contribution in [3.05, 3.63) is 53.6 Å². The third-order valence-electron chi connectivity index (χ3n) is 5.29. The largest absolute Gasteiger partial charge is 0.486 e. The number of rotatable bonds is 4. The number of ether oxygens (including phenoxy) is 2. The van der Waals surface area contributed by atoms with Crippen molar-refractivity contribution in [2.75, 3.05) is 50.8 Å². The Morgan fingerprint density at radius 1 is 0.931 bits per heavy atom. The lowest BCUT2D eigenvalue weighted by molar-refractivity contribution is -0.137. The van der Waals surface area contributed by atoms with Gasteiger partial charge in [-0.25, -0.2) is 0 Å². The van der Waals surface area contributed by atoms with E-state index in [-0.39, 0.29) is 0 Å². The Morgan fingerprint density at radius 3 is 2.38 bits per heavy atom. The average molecular weight is 408 g/mol. The lowest BCUT2D eigenvalue weighted by Crippen LogP contribution is -2.47. The van der Waals surface area contributed by atoms with E-state index in [1.807, 2.05) is 11.0 Å². The summed E-state index contributed by atoms with van der Waals surface area (Å²) >= 11 is 0. The second-order valence-electron chi connectivity index (χ2n) is 7.25. The number of alkyl halides is 3. The first-order valence-electron chi connectivity index (χ1n) is 9.62. The van der Waals surface area contributed by atoms with Gasteiger partial charge in [0, 0.05) is 38.4 Å². The number of hydrogen-bond donors (Lipinski definition) is 1. The van der Waals surface area contributed by atoms with Crippen molar-refractivity contribution >= 4 is 5.69 Å². The van der Waals surface area contributed by atoms with Crippen LogP contribution in [0.25, 0.3) is 0 Å². The van der Waals surface area contributed by atoms with Gasteiger partial charge in [-0.15, -0.1) is 0 Å². The summed E-state index contributed by atoms with van der Waals surface area (Å²) in [5.74, 6) is 1.32. The molecule has 5 nitrogen and oxygen atoms in total. The molecule has 2 aliphatic heterocycles. The molecule has 0 aromatic heterocycles. The van der Waals surface area contributed by atoms with Crippen LogP contribution >= 0.6 is 0 Å². The quantitative estimate of drug-likeness (QED) is 0.841. The predicted octanol–water partition coefficient (Wildman–Crippen LogP) is 3.33. The van der Waals surface area contributed by atoms with Gasteiger partial charge in [-0.3, -0.25) is 4.90 Å². The van der Waals surface area contributed by atoms with E-state index in [1.54, 1.807) is 18.2 Å². The summed E-state index contributed by atoms with van der Waals surface area (Å²) in [4.78, 5) is 4.06. The topological polar surface area (TPSA) is 45.2 Å². The molecule has 156 valence electrons. The molecule has 0 bridgehead atoms. The molecule has 8 heteroatoms. The van der Waals surface area contributed by atoms with Gasteiger partial charge in [0.15, 0.2) is 11.5 Å².